The molecule has 0 N–H and O–H groups in total. The standard InChI is InChI=1S/C15H17BrN4O/c1-11-2-5-17-9-14(11)15(21)19-6-3-13(4-7-19)20-10-12(16)8-18-20/h2,5,8-10,13H,3-4,6-7H2,1H3. The van der Waals surface area contributed by atoms with Crippen LogP contribution < -0.4 is 0 Å². The number of hydrogen-bond acceptors (Lipinski definition) is 3. The zero-order chi connectivity index (χ0) is 14.8. The van der Waals surface area contributed by atoms with Crippen LogP contribution in [0.3, 0.4) is 0 Å². The van der Waals surface area contributed by atoms with Crippen LogP contribution in [0.4, 0.5) is 0 Å². The van der Waals surface area contributed by atoms with Crippen LogP contribution in [-0.2, 0) is 0 Å². The number of rotatable bonds is 2. The average molecular weight is 349 g/mol. The molecule has 0 aliphatic carbocycles. The lowest BCUT2D eigenvalue weighted by molar-refractivity contribution is 0.0689. The Morgan fingerprint density at radius 2 is 2.10 bits per heavy atom. The molecule has 6 heteroatoms. The maximum atomic E-state index is 12.5. The number of halogens is 1. The van der Waals surface area contributed by atoms with Gasteiger partial charge in [0.2, 0.25) is 0 Å². The highest BCUT2D eigenvalue weighted by Crippen LogP contribution is 2.24. The first-order valence-electron chi connectivity index (χ1n) is 7.04. The molecule has 3 rings (SSSR count). The van der Waals surface area contributed by atoms with Crippen LogP contribution in [0.25, 0.3) is 0 Å². The molecule has 2 aromatic heterocycles. The van der Waals surface area contributed by atoms with Crippen LogP contribution in [0, 0.1) is 6.92 Å². The van der Waals surface area contributed by atoms with Gasteiger partial charge in [-0.1, -0.05) is 0 Å². The van der Waals surface area contributed by atoms with Crippen LogP contribution in [0.5, 0.6) is 0 Å². The molecule has 0 unspecified atom stereocenters. The average Bonchev–Trinajstić information content (AvgIpc) is 2.94. The Hall–Kier alpha value is -1.69. The Kier molecular flexibility index (Phi) is 4.05. The van der Waals surface area contributed by atoms with Gasteiger partial charge in [-0.25, -0.2) is 0 Å². The minimum Gasteiger partial charge on any atom is -0.338 e. The number of nitrogens with zero attached hydrogens (tertiary/aromatic N) is 4. The molecule has 1 aliphatic heterocycles. The summed E-state index contributed by atoms with van der Waals surface area (Å²) in [5.74, 6) is 0.0840. The van der Waals surface area contributed by atoms with Crippen molar-refractivity contribution in [3.63, 3.8) is 0 Å². The summed E-state index contributed by atoms with van der Waals surface area (Å²) in [6.45, 7) is 3.47. The van der Waals surface area contributed by atoms with Gasteiger partial charge < -0.3 is 4.90 Å². The Bertz CT molecular complexity index is 647. The molecule has 0 spiro atoms. The van der Waals surface area contributed by atoms with Crippen molar-refractivity contribution in [2.75, 3.05) is 13.1 Å². The van der Waals surface area contributed by atoms with Crippen molar-refractivity contribution in [3.8, 4) is 0 Å². The Labute approximate surface area is 132 Å². The second-order valence-electron chi connectivity index (χ2n) is 5.35. The van der Waals surface area contributed by atoms with E-state index in [9.17, 15) is 4.79 Å². The zero-order valence-corrected chi connectivity index (χ0v) is 13.5. The molecular weight excluding hydrogens is 332 g/mol. The second-order valence-corrected chi connectivity index (χ2v) is 6.27. The molecule has 3 heterocycles. The van der Waals surface area contributed by atoms with Gasteiger partial charge >= 0.3 is 0 Å². The molecular formula is C15H17BrN4O. The summed E-state index contributed by atoms with van der Waals surface area (Å²) < 4.78 is 2.98. The minimum atomic E-state index is 0.0840. The molecule has 1 aliphatic rings. The van der Waals surface area contributed by atoms with E-state index in [1.165, 1.54) is 0 Å². The van der Waals surface area contributed by atoms with Crippen LogP contribution in [0.1, 0.15) is 34.8 Å². The number of aromatic nitrogens is 3. The first-order valence-corrected chi connectivity index (χ1v) is 7.84. The second kappa shape index (κ2) is 5.97. The molecule has 1 fully saturated rings. The van der Waals surface area contributed by atoms with E-state index in [1.807, 2.05) is 28.8 Å². The van der Waals surface area contributed by atoms with Gasteiger partial charge in [0.25, 0.3) is 5.91 Å². The van der Waals surface area contributed by atoms with E-state index in [1.54, 1.807) is 18.6 Å². The molecule has 0 aromatic carbocycles. The van der Waals surface area contributed by atoms with Crippen molar-refractivity contribution in [2.45, 2.75) is 25.8 Å². The third kappa shape index (κ3) is 3.00. The molecule has 0 radical (unpaired) electrons. The lowest BCUT2D eigenvalue weighted by Crippen LogP contribution is -2.39. The molecule has 5 nitrogen and oxygen atoms in total. The first-order chi connectivity index (χ1) is 10.1. The fraction of sp³-hybridized carbons (Fsp3) is 0.400. The Morgan fingerprint density at radius 3 is 2.71 bits per heavy atom. The van der Waals surface area contributed by atoms with Gasteiger partial charge in [0.1, 0.15) is 0 Å². The SMILES string of the molecule is Cc1ccncc1C(=O)N1CCC(n2cc(Br)cn2)CC1. The summed E-state index contributed by atoms with van der Waals surface area (Å²) in [5.41, 5.74) is 1.69. The number of likely N-dealkylation sites (tertiary alicyclic amines) is 1. The highest BCUT2D eigenvalue weighted by molar-refractivity contribution is 9.10. The van der Waals surface area contributed by atoms with E-state index >= 15 is 0 Å². The van der Waals surface area contributed by atoms with Crippen molar-refractivity contribution in [1.29, 1.82) is 0 Å². The summed E-state index contributed by atoms with van der Waals surface area (Å²) in [6.07, 6.45) is 9.03. The van der Waals surface area contributed by atoms with E-state index in [4.69, 9.17) is 0 Å². The number of aryl methyl sites for hydroxylation is 1. The monoisotopic (exact) mass is 348 g/mol. The number of pyridine rings is 1. The van der Waals surface area contributed by atoms with Crippen LogP contribution in [0.15, 0.2) is 35.3 Å². The number of amides is 1. The van der Waals surface area contributed by atoms with Gasteiger partial charge in [0.05, 0.1) is 22.3 Å². The highest BCUT2D eigenvalue weighted by atomic mass is 79.9. The summed E-state index contributed by atoms with van der Waals surface area (Å²) >= 11 is 3.42. The maximum absolute atomic E-state index is 12.5. The third-order valence-corrected chi connectivity index (χ3v) is 4.37. The summed E-state index contributed by atoms with van der Waals surface area (Å²) in [5, 5.41) is 4.34. The quantitative estimate of drug-likeness (QED) is 0.838. The van der Waals surface area contributed by atoms with Crippen molar-refractivity contribution in [1.82, 2.24) is 19.7 Å². The van der Waals surface area contributed by atoms with Gasteiger partial charge in [-0.15, -0.1) is 0 Å². The van der Waals surface area contributed by atoms with E-state index in [2.05, 4.69) is 26.0 Å². The molecule has 110 valence electrons. The first kappa shape index (κ1) is 14.3. The van der Waals surface area contributed by atoms with Crippen LogP contribution >= 0.6 is 15.9 Å². The van der Waals surface area contributed by atoms with E-state index < -0.39 is 0 Å². The van der Waals surface area contributed by atoms with Crippen molar-refractivity contribution in [2.24, 2.45) is 0 Å². The van der Waals surface area contributed by atoms with E-state index in [0.717, 1.165) is 36.0 Å². The molecule has 1 amide bonds. The number of carbonyl (C=O) groups is 1. The predicted octanol–water partition coefficient (Wildman–Crippen LogP) is 2.83. The van der Waals surface area contributed by atoms with Crippen LogP contribution in [0.2, 0.25) is 0 Å². The lowest BCUT2D eigenvalue weighted by atomic mass is 10.0. The highest BCUT2D eigenvalue weighted by Gasteiger charge is 2.25. The van der Waals surface area contributed by atoms with E-state index in [0.29, 0.717) is 11.6 Å². The number of piperidine rings is 1. The summed E-state index contributed by atoms with van der Waals surface area (Å²) in [4.78, 5) is 18.5. The van der Waals surface area contributed by atoms with Crippen molar-refractivity contribution < 1.29 is 4.79 Å². The third-order valence-electron chi connectivity index (χ3n) is 3.97. The molecule has 0 saturated carbocycles. The van der Waals surface area contributed by atoms with Gasteiger partial charge in [-0.05, 0) is 47.3 Å². The molecule has 2 aromatic rings. The maximum Gasteiger partial charge on any atom is 0.255 e. The topological polar surface area (TPSA) is 51.0 Å². The van der Waals surface area contributed by atoms with Gasteiger partial charge in [0, 0.05) is 31.7 Å². The molecule has 1 saturated heterocycles. The fourth-order valence-corrected chi connectivity index (χ4v) is 3.01. The zero-order valence-electron chi connectivity index (χ0n) is 11.9. The molecule has 0 bridgehead atoms. The predicted molar refractivity (Wildman–Crippen MR) is 83.1 cm³/mol. The van der Waals surface area contributed by atoms with Crippen molar-refractivity contribution in [3.05, 3.63) is 46.5 Å². The van der Waals surface area contributed by atoms with Gasteiger partial charge in [-0.2, -0.15) is 5.10 Å². The van der Waals surface area contributed by atoms with Crippen molar-refractivity contribution >= 4 is 21.8 Å². The normalized spacial score (nSPS) is 16.2. The smallest absolute Gasteiger partial charge is 0.255 e. The number of carbonyl (C=O) groups excluding carboxylic acids is 1. The van der Waals surface area contributed by atoms with Crippen LogP contribution in [-0.4, -0.2) is 38.7 Å². The minimum absolute atomic E-state index is 0.0840. The fourth-order valence-electron chi connectivity index (χ4n) is 2.71. The van der Waals surface area contributed by atoms with E-state index in [-0.39, 0.29) is 5.91 Å². The lowest BCUT2D eigenvalue weighted by Gasteiger charge is -2.32. The Balaban J connectivity index is 1.66. The van der Waals surface area contributed by atoms with Gasteiger partial charge in [0.15, 0.2) is 0 Å². The summed E-state index contributed by atoms with van der Waals surface area (Å²) in [7, 11) is 0. The largest absolute Gasteiger partial charge is 0.338 e. The molecule has 0 atom stereocenters. The molecule has 21 heavy (non-hydrogen) atoms. The summed E-state index contributed by atoms with van der Waals surface area (Å²) in [6, 6.07) is 2.25. The number of hydrogen-bond donors (Lipinski definition) is 0. The Morgan fingerprint density at radius 1 is 1.33 bits per heavy atom. The van der Waals surface area contributed by atoms with Gasteiger partial charge in [-0.3, -0.25) is 14.5 Å².